The molecule has 1 N–H and O–H groups in total. The van der Waals surface area contributed by atoms with Crippen molar-refractivity contribution < 1.29 is 22.7 Å². The fraction of sp³-hybridized carbons (Fsp3) is 0.118. The Morgan fingerprint density at radius 1 is 1.22 bits per heavy atom. The second kappa shape index (κ2) is 6.88. The maximum Gasteiger partial charge on any atom is 0.265 e. The van der Waals surface area contributed by atoms with Crippen LogP contribution in [0.1, 0.15) is 12.5 Å². The molecular weight excluding hydrogens is 307 g/mol. The van der Waals surface area contributed by atoms with E-state index in [-0.39, 0.29) is 11.3 Å². The Kier molecular flexibility index (Phi) is 4.91. The molecule has 0 radical (unpaired) electrons. The van der Waals surface area contributed by atoms with Crippen molar-refractivity contribution in [3.8, 4) is 18.1 Å². The van der Waals surface area contributed by atoms with Gasteiger partial charge in [-0.3, -0.25) is 4.79 Å². The molecule has 0 fully saturated rings. The largest absolute Gasteiger partial charge is 0.481 e. The quantitative estimate of drug-likeness (QED) is 0.876. The van der Waals surface area contributed by atoms with E-state index in [4.69, 9.17) is 11.2 Å². The number of carbonyl (C=O) groups excluding carboxylic acids is 1. The minimum absolute atomic E-state index is 0.0158. The first-order valence-corrected chi connectivity index (χ1v) is 6.59. The second-order valence-corrected chi connectivity index (χ2v) is 4.67. The third kappa shape index (κ3) is 4.04. The molecule has 0 saturated heterocycles. The Hall–Kier alpha value is -2.94. The highest BCUT2D eigenvalue weighted by atomic mass is 19.1. The fourth-order valence-electron chi connectivity index (χ4n) is 1.80. The van der Waals surface area contributed by atoms with E-state index < -0.39 is 35.2 Å². The van der Waals surface area contributed by atoms with E-state index in [9.17, 15) is 18.0 Å². The van der Waals surface area contributed by atoms with Crippen molar-refractivity contribution >= 4 is 11.6 Å². The predicted molar refractivity (Wildman–Crippen MR) is 79.4 cm³/mol. The SMILES string of the molecule is C#Cc1cc(F)c(NC(=O)C(C)Oc2cccc(F)c2)c(F)c1. The van der Waals surface area contributed by atoms with Gasteiger partial charge in [0, 0.05) is 11.6 Å². The Morgan fingerprint density at radius 2 is 1.87 bits per heavy atom. The molecule has 6 heteroatoms. The van der Waals surface area contributed by atoms with Crippen LogP contribution < -0.4 is 10.1 Å². The number of nitrogens with one attached hydrogen (secondary N) is 1. The minimum atomic E-state index is -1.09. The molecule has 0 aromatic heterocycles. The van der Waals surface area contributed by atoms with Crippen LogP contribution in [0.5, 0.6) is 5.75 Å². The third-order valence-corrected chi connectivity index (χ3v) is 2.94. The van der Waals surface area contributed by atoms with E-state index in [2.05, 4.69) is 11.2 Å². The number of rotatable bonds is 4. The topological polar surface area (TPSA) is 38.3 Å². The highest BCUT2D eigenvalue weighted by Gasteiger charge is 2.19. The van der Waals surface area contributed by atoms with Crippen LogP contribution in [0.2, 0.25) is 0 Å². The highest BCUT2D eigenvalue weighted by Crippen LogP contribution is 2.21. The zero-order valence-electron chi connectivity index (χ0n) is 12.1. The molecule has 118 valence electrons. The smallest absolute Gasteiger partial charge is 0.265 e. The van der Waals surface area contributed by atoms with Gasteiger partial charge in [0.2, 0.25) is 0 Å². The summed E-state index contributed by atoms with van der Waals surface area (Å²) in [6.07, 6.45) is 3.97. The van der Waals surface area contributed by atoms with E-state index in [1.807, 2.05) is 0 Å². The van der Waals surface area contributed by atoms with E-state index in [0.29, 0.717) is 0 Å². The number of terminal acetylenes is 1. The first-order chi connectivity index (χ1) is 10.9. The molecule has 0 heterocycles. The molecule has 0 bridgehead atoms. The summed E-state index contributed by atoms with van der Waals surface area (Å²) in [5.41, 5.74) is -0.606. The normalized spacial score (nSPS) is 11.4. The van der Waals surface area contributed by atoms with Gasteiger partial charge < -0.3 is 10.1 Å². The zero-order valence-corrected chi connectivity index (χ0v) is 12.1. The van der Waals surface area contributed by atoms with E-state index in [0.717, 1.165) is 18.2 Å². The van der Waals surface area contributed by atoms with Gasteiger partial charge in [0.1, 0.15) is 17.3 Å². The average molecular weight is 319 g/mol. The lowest BCUT2D eigenvalue weighted by Gasteiger charge is -2.15. The molecule has 1 atom stereocenters. The van der Waals surface area contributed by atoms with Gasteiger partial charge in [-0.1, -0.05) is 12.0 Å². The van der Waals surface area contributed by atoms with E-state index in [1.54, 1.807) is 0 Å². The van der Waals surface area contributed by atoms with Crippen LogP contribution in [0, 0.1) is 29.8 Å². The van der Waals surface area contributed by atoms with Crippen molar-refractivity contribution in [2.24, 2.45) is 0 Å². The summed E-state index contributed by atoms with van der Waals surface area (Å²) in [6, 6.07) is 7.03. The summed E-state index contributed by atoms with van der Waals surface area (Å²) in [7, 11) is 0. The van der Waals surface area contributed by atoms with Gasteiger partial charge in [0.15, 0.2) is 17.7 Å². The summed E-state index contributed by atoms with van der Waals surface area (Å²) in [5.74, 6) is -1.10. The number of hydrogen-bond acceptors (Lipinski definition) is 2. The molecule has 0 aliphatic rings. The molecule has 1 amide bonds. The standard InChI is InChI=1S/C17H12F3NO2/c1-3-11-7-14(19)16(15(20)8-11)21-17(22)10(2)23-13-6-4-5-12(18)9-13/h1,4-10H,2H3,(H,21,22). The Labute approximate surface area is 131 Å². The third-order valence-electron chi connectivity index (χ3n) is 2.94. The molecule has 0 saturated carbocycles. The zero-order chi connectivity index (χ0) is 17.0. The molecular formula is C17H12F3NO2. The van der Waals surface area contributed by atoms with Gasteiger partial charge in [0.25, 0.3) is 5.91 Å². The second-order valence-electron chi connectivity index (χ2n) is 4.67. The molecule has 2 rings (SSSR count). The number of ether oxygens (including phenoxy) is 1. The van der Waals surface area contributed by atoms with Crippen LogP contribution in [-0.4, -0.2) is 12.0 Å². The molecule has 0 aliphatic heterocycles. The molecule has 1 unspecified atom stereocenters. The molecule has 3 nitrogen and oxygen atoms in total. The van der Waals surface area contributed by atoms with Crippen LogP contribution >= 0.6 is 0 Å². The van der Waals surface area contributed by atoms with Gasteiger partial charge in [-0.05, 0) is 31.2 Å². The maximum absolute atomic E-state index is 13.8. The van der Waals surface area contributed by atoms with Gasteiger partial charge in [-0.25, -0.2) is 13.2 Å². The summed E-state index contributed by atoms with van der Waals surface area (Å²) >= 11 is 0. The summed E-state index contributed by atoms with van der Waals surface area (Å²) < 4.78 is 45.8. The summed E-state index contributed by atoms with van der Waals surface area (Å²) in [5, 5.41) is 2.09. The predicted octanol–water partition coefficient (Wildman–Crippen LogP) is 3.49. The fourth-order valence-corrected chi connectivity index (χ4v) is 1.80. The minimum Gasteiger partial charge on any atom is -0.481 e. The van der Waals surface area contributed by atoms with Crippen LogP contribution in [0.3, 0.4) is 0 Å². The van der Waals surface area contributed by atoms with Crippen molar-refractivity contribution in [2.75, 3.05) is 5.32 Å². The number of amides is 1. The van der Waals surface area contributed by atoms with Crippen LogP contribution in [0.25, 0.3) is 0 Å². The lowest BCUT2D eigenvalue weighted by molar-refractivity contribution is -0.122. The van der Waals surface area contributed by atoms with Gasteiger partial charge in [0.05, 0.1) is 0 Å². The Morgan fingerprint density at radius 3 is 2.43 bits per heavy atom. The van der Waals surface area contributed by atoms with Crippen molar-refractivity contribution in [1.82, 2.24) is 0 Å². The summed E-state index contributed by atoms with van der Waals surface area (Å²) in [6.45, 7) is 1.37. The number of hydrogen-bond donors (Lipinski definition) is 1. The van der Waals surface area contributed by atoms with Crippen molar-refractivity contribution in [3.05, 3.63) is 59.4 Å². The molecule has 0 aliphatic carbocycles. The molecule has 0 spiro atoms. The van der Waals surface area contributed by atoms with Gasteiger partial charge in [-0.15, -0.1) is 6.42 Å². The molecule has 23 heavy (non-hydrogen) atoms. The van der Waals surface area contributed by atoms with Gasteiger partial charge in [-0.2, -0.15) is 0 Å². The monoisotopic (exact) mass is 319 g/mol. The van der Waals surface area contributed by atoms with Crippen LogP contribution in [0.15, 0.2) is 36.4 Å². The first-order valence-electron chi connectivity index (χ1n) is 6.59. The number of anilines is 1. The Bertz CT molecular complexity index is 761. The Balaban J connectivity index is 2.11. The maximum atomic E-state index is 13.8. The van der Waals surface area contributed by atoms with Crippen molar-refractivity contribution in [2.45, 2.75) is 13.0 Å². The van der Waals surface area contributed by atoms with E-state index >= 15 is 0 Å². The van der Waals surface area contributed by atoms with Crippen molar-refractivity contribution in [3.63, 3.8) is 0 Å². The number of carbonyl (C=O) groups is 1. The average Bonchev–Trinajstić information content (AvgIpc) is 2.50. The summed E-state index contributed by atoms with van der Waals surface area (Å²) in [4.78, 5) is 12.0. The first kappa shape index (κ1) is 16.4. The lowest BCUT2D eigenvalue weighted by Crippen LogP contribution is -2.30. The van der Waals surface area contributed by atoms with E-state index in [1.165, 1.54) is 25.1 Å². The van der Waals surface area contributed by atoms with Crippen molar-refractivity contribution in [1.29, 1.82) is 0 Å². The van der Waals surface area contributed by atoms with Crippen LogP contribution in [0.4, 0.5) is 18.9 Å². The number of halogens is 3. The number of benzene rings is 2. The van der Waals surface area contributed by atoms with Gasteiger partial charge >= 0.3 is 0 Å². The molecule has 2 aromatic rings. The highest BCUT2D eigenvalue weighted by molar-refractivity contribution is 5.94. The van der Waals surface area contributed by atoms with Crippen LogP contribution in [-0.2, 0) is 4.79 Å². The lowest BCUT2D eigenvalue weighted by atomic mass is 10.2. The molecule has 2 aromatic carbocycles.